The van der Waals surface area contributed by atoms with Crippen LogP contribution in [0.4, 0.5) is 4.39 Å². The molecule has 4 heteroatoms. The second-order valence-electron chi connectivity index (χ2n) is 4.96. The molecule has 2 rings (SSSR count). The van der Waals surface area contributed by atoms with E-state index in [1.807, 2.05) is 6.07 Å². The summed E-state index contributed by atoms with van der Waals surface area (Å²) in [5.74, 6) is 0.583. The van der Waals surface area contributed by atoms with Crippen LogP contribution in [0.25, 0.3) is 0 Å². The number of ether oxygens (including phenoxy) is 1. The number of benzene rings is 1. The summed E-state index contributed by atoms with van der Waals surface area (Å²) in [6.07, 6.45) is 1.14. The molecule has 0 amide bonds. The number of hydrogen-bond acceptors (Lipinski definition) is 3. The molecule has 0 saturated carbocycles. The largest absolute Gasteiger partial charge is 0.494 e. The summed E-state index contributed by atoms with van der Waals surface area (Å²) < 4.78 is 18.6. The van der Waals surface area contributed by atoms with E-state index in [0.717, 1.165) is 31.6 Å². The zero-order valence-electron chi connectivity index (χ0n) is 11.0. The van der Waals surface area contributed by atoms with Gasteiger partial charge >= 0.3 is 0 Å². The third-order valence-electron chi connectivity index (χ3n) is 3.86. The Kier molecular flexibility index (Phi) is 4.19. The minimum Gasteiger partial charge on any atom is -0.494 e. The van der Waals surface area contributed by atoms with E-state index in [4.69, 9.17) is 10.5 Å². The Morgan fingerprint density at radius 3 is 2.89 bits per heavy atom. The molecule has 2 unspecified atom stereocenters. The Balaban J connectivity index is 2.09. The number of nitrogens with two attached hydrogens (primary N) is 1. The maximum atomic E-state index is 13.7. The predicted molar refractivity (Wildman–Crippen MR) is 70.1 cm³/mol. The number of likely N-dealkylation sites (tertiary alicyclic amines) is 1. The molecule has 1 aromatic rings. The van der Waals surface area contributed by atoms with Gasteiger partial charge in [0.2, 0.25) is 0 Å². The smallest absolute Gasteiger partial charge is 0.165 e. The van der Waals surface area contributed by atoms with Gasteiger partial charge in [0.15, 0.2) is 11.6 Å². The fourth-order valence-corrected chi connectivity index (χ4v) is 2.56. The molecule has 1 saturated heterocycles. The lowest BCUT2D eigenvalue weighted by molar-refractivity contribution is 0.252. The van der Waals surface area contributed by atoms with E-state index in [-0.39, 0.29) is 11.9 Å². The minimum absolute atomic E-state index is 0.224. The molecular weight excluding hydrogens is 231 g/mol. The molecule has 0 aromatic heterocycles. The first-order chi connectivity index (χ1) is 8.65. The van der Waals surface area contributed by atoms with Crippen molar-refractivity contribution in [3.8, 4) is 5.75 Å². The highest BCUT2D eigenvalue weighted by Crippen LogP contribution is 2.29. The maximum Gasteiger partial charge on any atom is 0.165 e. The van der Waals surface area contributed by atoms with Crippen LogP contribution in [0.5, 0.6) is 5.75 Å². The molecule has 0 aliphatic carbocycles. The zero-order valence-corrected chi connectivity index (χ0v) is 11.0. The molecule has 1 heterocycles. The lowest BCUT2D eigenvalue weighted by Crippen LogP contribution is -2.26. The normalized spacial score (nSPS) is 22.1. The Hall–Kier alpha value is -1.13. The van der Waals surface area contributed by atoms with Gasteiger partial charge in [0, 0.05) is 12.6 Å². The maximum absolute atomic E-state index is 13.7. The van der Waals surface area contributed by atoms with Gasteiger partial charge in [0.1, 0.15) is 0 Å². The SMILES string of the molecule is COc1ccc(C(C)N2CCC(CN)C2)cc1F. The van der Waals surface area contributed by atoms with Crippen molar-refractivity contribution in [1.82, 2.24) is 4.90 Å². The molecule has 0 bridgehead atoms. The summed E-state index contributed by atoms with van der Waals surface area (Å²) in [5, 5.41) is 0. The highest BCUT2D eigenvalue weighted by molar-refractivity contribution is 5.30. The van der Waals surface area contributed by atoms with Crippen molar-refractivity contribution in [2.45, 2.75) is 19.4 Å². The van der Waals surface area contributed by atoms with Gasteiger partial charge in [-0.1, -0.05) is 6.07 Å². The van der Waals surface area contributed by atoms with Crippen LogP contribution in [0, 0.1) is 11.7 Å². The van der Waals surface area contributed by atoms with Gasteiger partial charge in [-0.2, -0.15) is 0 Å². The standard InChI is InChI=1S/C14H21FN2O/c1-10(17-6-5-11(8-16)9-17)12-3-4-14(18-2)13(15)7-12/h3-4,7,10-11H,5-6,8-9,16H2,1-2H3. The van der Waals surface area contributed by atoms with Gasteiger partial charge in [-0.3, -0.25) is 4.90 Å². The molecule has 1 fully saturated rings. The first-order valence-electron chi connectivity index (χ1n) is 6.43. The lowest BCUT2D eigenvalue weighted by Gasteiger charge is -2.25. The number of methoxy groups -OCH3 is 1. The van der Waals surface area contributed by atoms with Gasteiger partial charge < -0.3 is 10.5 Å². The number of rotatable bonds is 4. The molecule has 1 aliphatic rings. The van der Waals surface area contributed by atoms with Crippen LogP contribution >= 0.6 is 0 Å². The minimum atomic E-state index is -0.295. The van der Waals surface area contributed by atoms with Crippen LogP contribution in [-0.4, -0.2) is 31.6 Å². The summed E-state index contributed by atoms with van der Waals surface area (Å²) in [6, 6.07) is 5.42. The van der Waals surface area contributed by atoms with E-state index in [1.165, 1.54) is 7.11 Å². The Morgan fingerprint density at radius 2 is 2.33 bits per heavy atom. The average molecular weight is 252 g/mol. The molecule has 18 heavy (non-hydrogen) atoms. The quantitative estimate of drug-likeness (QED) is 0.892. The summed E-state index contributed by atoms with van der Waals surface area (Å²) in [6.45, 7) is 4.89. The van der Waals surface area contributed by atoms with E-state index < -0.39 is 0 Å². The van der Waals surface area contributed by atoms with E-state index in [0.29, 0.717) is 11.7 Å². The van der Waals surface area contributed by atoms with Crippen molar-refractivity contribution in [3.63, 3.8) is 0 Å². The van der Waals surface area contributed by atoms with Crippen LogP contribution in [0.1, 0.15) is 24.9 Å². The highest BCUT2D eigenvalue weighted by atomic mass is 19.1. The second-order valence-corrected chi connectivity index (χ2v) is 4.96. The molecule has 2 N–H and O–H groups in total. The van der Waals surface area contributed by atoms with E-state index in [9.17, 15) is 4.39 Å². The molecule has 1 aromatic carbocycles. The van der Waals surface area contributed by atoms with Crippen molar-refractivity contribution in [1.29, 1.82) is 0 Å². The fourth-order valence-electron chi connectivity index (χ4n) is 2.56. The molecule has 1 aliphatic heterocycles. The topological polar surface area (TPSA) is 38.5 Å². The Bertz CT molecular complexity index is 411. The highest BCUT2D eigenvalue weighted by Gasteiger charge is 2.26. The van der Waals surface area contributed by atoms with Gasteiger partial charge in [0.05, 0.1) is 7.11 Å². The molecule has 3 nitrogen and oxygen atoms in total. The van der Waals surface area contributed by atoms with Crippen molar-refractivity contribution < 1.29 is 9.13 Å². The number of hydrogen-bond donors (Lipinski definition) is 1. The van der Waals surface area contributed by atoms with Crippen molar-refractivity contribution in [2.75, 3.05) is 26.7 Å². The van der Waals surface area contributed by atoms with E-state index in [1.54, 1.807) is 12.1 Å². The summed E-state index contributed by atoms with van der Waals surface area (Å²) in [7, 11) is 1.48. The number of nitrogens with zero attached hydrogens (tertiary/aromatic N) is 1. The summed E-state index contributed by atoms with van der Waals surface area (Å²) in [4.78, 5) is 2.36. The average Bonchev–Trinajstić information content (AvgIpc) is 2.86. The molecule has 0 spiro atoms. The van der Waals surface area contributed by atoms with Crippen LogP contribution in [0.15, 0.2) is 18.2 Å². The first-order valence-corrected chi connectivity index (χ1v) is 6.43. The van der Waals surface area contributed by atoms with E-state index in [2.05, 4.69) is 11.8 Å². The Labute approximate surface area is 108 Å². The number of halogens is 1. The molecule has 2 atom stereocenters. The fraction of sp³-hybridized carbons (Fsp3) is 0.571. The molecule has 0 radical (unpaired) electrons. The van der Waals surface area contributed by atoms with Crippen molar-refractivity contribution in [2.24, 2.45) is 11.7 Å². The van der Waals surface area contributed by atoms with Crippen LogP contribution < -0.4 is 10.5 Å². The molecular formula is C14H21FN2O. The van der Waals surface area contributed by atoms with Crippen molar-refractivity contribution in [3.05, 3.63) is 29.6 Å². The van der Waals surface area contributed by atoms with E-state index >= 15 is 0 Å². The van der Waals surface area contributed by atoms with Gasteiger partial charge in [0.25, 0.3) is 0 Å². The lowest BCUT2D eigenvalue weighted by atomic mass is 10.1. The predicted octanol–water partition coefficient (Wildman–Crippen LogP) is 2.18. The van der Waals surface area contributed by atoms with Gasteiger partial charge in [-0.15, -0.1) is 0 Å². The summed E-state index contributed by atoms with van der Waals surface area (Å²) in [5.41, 5.74) is 6.69. The Morgan fingerprint density at radius 1 is 1.56 bits per heavy atom. The first kappa shape index (κ1) is 13.3. The van der Waals surface area contributed by atoms with Gasteiger partial charge in [-0.05, 0) is 50.0 Å². The van der Waals surface area contributed by atoms with Crippen LogP contribution in [0.3, 0.4) is 0 Å². The van der Waals surface area contributed by atoms with Gasteiger partial charge in [-0.25, -0.2) is 4.39 Å². The molecule has 100 valence electrons. The second kappa shape index (κ2) is 5.67. The van der Waals surface area contributed by atoms with Crippen LogP contribution in [0.2, 0.25) is 0 Å². The monoisotopic (exact) mass is 252 g/mol. The van der Waals surface area contributed by atoms with Crippen molar-refractivity contribution >= 4 is 0 Å². The summed E-state index contributed by atoms with van der Waals surface area (Å²) >= 11 is 0. The zero-order chi connectivity index (χ0) is 13.1. The third kappa shape index (κ3) is 2.65. The third-order valence-corrected chi connectivity index (χ3v) is 3.86. The van der Waals surface area contributed by atoms with Crippen LogP contribution in [-0.2, 0) is 0 Å².